The third-order valence-corrected chi connectivity index (χ3v) is 2.64. The lowest BCUT2D eigenvalue weighted by Gasteiger charge is -2.20. The van der Waals surface area contributed by atoms with Gasteiger partial charge in [0.25, 0.3) is 0 Å². The summed E-state index contributed by atoms with van der Waals surface area (Å²) in [6.07, 6.45) is 1.37. The first-order chi connectivity index (χ1) is 9.45. The molecule has 20 heavy (non-hydrogen) atoms. The van der Waals surface area contributed by atoms with Crippen LogP contribution in [0.25, 0.3) is 0 Å². The molecular weight excluding hydrogens is 256 g/mol. The number of rotatable bonds is 13. The molecule has 0 rings (SSSR count). The fraction of sp³-hybridized carbons (Fsp3) is 1.00. The van der Waals surface area contributed by atoms with Crippen LogP contribution in [0, 0.1) is 5.92 Å². The lowest BCUT2D eigenvalue weighted by molar-refractivity contribution is -0.0809. The normalized spacial score (nSPS) is 16.4. The van der Waals surface area contributed by atoms with E-state index in [4.69, 9.17) is 18.9 Å². The van der Waals surface area contributed by atoms with Gasteiger partial charge in [-0.1, -0.05) is 20.8 Å². The minimum absolute atomic E-state index is 0.0789. The van der Waals surface area contributed by atoms with Crippen molar-refractivity contribution >= 4 is 0 Å². The Balaban J connectivity index is 3.53. The van der Waals surface area contributed by atoms with Gasteiger partial charge < -0.3 is 18.9 Å². The summed E-state index contributed by atoms with van der Waals surface area (Å²) in [5.41, 5.74) is 0. The smallest absolute Gasteiger partial charge is 0.0781 e. The van der Waals surface area contributed by atoms with Crippen LogP contribution in [0.2, 0.25) is 0 Å². The molecule has 0 radical (unpaired) electrons. The zero-order valence-corrected chi connectivity index (χ0v) is 14.2. The molecule has 0 saturated carbocycles. The lowest BCUT2D eigenvalue weighted by atomic mass is 10.2. The summed E-state index contributed by atoms with van der Waals surface area (Å²) in [6, 6.07) is 0. The van der Waals surface area contributed by atoms with E-state index in [-0.39, 0.29) is 18.3 Å². The summed E-state index contributed by atoms with van der Waals surface area (Å²) in [5.74, 6) is 0.564. The van der Waals surface area contributed by atoms with Crippen molar-refractivity contribution in [2.75, 3.05) is 33.0 Å². The van der Waals surface area contributed by atoms with Crippen molar-refractivity contribution in [3.8, 4) is 0 Å². The van der Waals surface area contributed by atoms with Crippen molar-refractivity contribution < 1.29 is 18.9 Å². The first kappa shape index (κ1) is 19.8. The average molecular weight is 290 g/mol. The molecule has 0 aliphatic rings. The molecule has 0 heterocycles. The Morgan fingerprint density at radius 2 is 1.15 bits per heavy atom. The van der Waals surface area contributed by atoms with Crippen molar-refractivity contribution in [2.24, 2.45) is 5.92 Å². The zero-order chi connectivity index (χ0) is 15.4. The van der Waals surface area contributed by atoms with E-state index < -0.39 is 0 Å². The van der Waals surface area contributed by atoms with Gasteiger partial charge in [-0.05, 0) is 33.1 Å². The maximum absolute atomic E-state index is 5.71. The minimum atomic E-state index is 0.0789. The van der Waals surface area contributed by atoms with Crippen molar-refractivity contribution in [1.82, 2.24) is 0 Å². The highest BCUT2D eigenvalue weighted by molar-refractivity contribution is 4.55. The zero-order valence-electron chi connectivity index (χ0n) is 14.2. The molecule has 0 amide bonds. The van der Waals surface area contributed by atoms with Crippen LogP contribution in [0.4, 0.5) is 0 Å². The van der Waals surface area contributed by atoms with Gasteiger partial charge in [-0.15, -0.1) is 0 Å². The summed E-state index contributed by atoms with van der Waals surface area (Å²) < 4.78 is 22.5. The first-order valence-corrected chi connectivity index (χ1v) is 7.88. The third kappa shape index (κ3) is 12.9. The predicted molar refractivity (Wildman–Crippen MR) is 82.2 cm³/mol. The molecule has 0 fully saturated rings. The van der Waals surface area contributed by atoms with Gasteiger partial charge in [0, 0.05) is 13.2 Å². The molecule has 0 aromatic carbocycles. The average Bonchev–Trinajstić information content (AvgIpc) is 2.40. The van der Waals surface area contributed by atoms with E-state index in [2.05, 4.69) is 20.8 Å². The van der Waals surface area contributed by atoms with E-state index in [0.717, 1.165) is 19.6 Å². The fourth-order valence-electron chi connectivity index (χ4n) is 1.53. The van der Waals surface area contributed by atoms with Crippen LogP contribution in [-0.2, 0) is 18.9 Å². The van der Waals surface area contributed by atoms with Crippen molar-refractivity contribution in [3.05, 3.63) is 0 Å². The Kier molecular flexibility index (Phi) is 12.5. The summed E-state index contributed by atoms with van der Waals surface area (Å²) in [4.78, 5) is 0. The van der Waals surface area contributed by atoms with Crippen LogP contribution in [-0.4, -0.2) is 51.3 Å². The molecule has 0 aromatic rings. The number of hydrogen-bond donors (Lipinski definition) is 0. The standard InChI is InChI=1S/C16H34O4/c1-7-8-18-15(5)11-20-16(6)12-19-14(4)10-17-9-13(2)3/h13-16H,7-12H2,1-6H3. The maximum atomic E-state index is 5.71. The molecule has 0 saturated heterocycles. The Morgan fingerprint density at radius 1 is 0.650 bits per heavy atom. The van der Waals surface area contributed by atoms with Gasteiger partial charge in [-0.3, -0.25) is 0 Å². The van der Waals surface area contributed by atoms with Crippen molar-refractivity contribution in [1.29, 1.82) is 0 Å². The Labute approximate surface area is 125 Å². The quantitative estimate of drug-likeness (QED) is 0.521. The van der Waals surface area contributed by atoms with Crippen molar-refractivity contribution in [2.45, 2.75) is 66.3 Å². The van der Waals surface area contributed by atoms with E-state index >= 15 is 0 Å². The highest BCUT2D eigenvalue weighted by atomic mass is 16.6. The molecule has 0 N–H and O–H groups in total. The summed E-state index contributed by atoms with van der Waals surface area (Å²) in [5, 5.41) is 0. The van der Waals surface area contributed by atoms with Crippen LogP contribution < -0.4 is 0 Å². The predicted octanol–water partition coefficient (Wildman–Crippen LogP) is 3.28. The van der Waals surface area contributed by atoms with Gasteiger partial charge >= 0.3 is 0 Å². The van der Waals surface area contributed by atoms with Crippen LogP contribution in [0.1, 0.15) is 48.0 Å². The number of hydrogen-bond acceptors (Lipinski definition) is 4. The van der Waals surface area contributed by atoms with Crippen LogP contribution in [0.5, 0.6) is 0 Å². The SMILES string of the molecule is CCCOC(C)COC(C)COC(C)COCC(C)C. The molecule has 0 bridgehead atoms. The first-order valence-electron chi connectivity index (χ1n) is 7.88. The second kappa shape index (κ2) is 12.6. The van der Waals surface area contributed by atoms with E-state index in [9.17, 15) is 0 Å². The summed E-state index contributed by atoms with van der Waals surface area (Å²) in [6.45, 7) is 15.9. The van der Waals surface area contributed by atoms with Crippen LogP contribution in [0.15, 0.2) is 0 Å². The second-order valence-electron chi connectivity index (χ2n) is 5.90. The Morgan fingerprint density at radius 3 is 1.65 bits per heavy atom. The number of ether oxygens (including phenoxy) is 4. The van der Waals surface area contributed by atoms with Crippen LogP contribution >= 0.6 is 0 Å². The molecular formula is C16H34O4. The summed E-state index contributed by atoms with van der Waals surface area (Å²) >= 11 is 0. The highest BCUT2D eigenvalue weighted by Crippen LogP contribution is 2.02. The van der Waals surface area contributed by atoms with Gasteiger partial charge in [0.2, 0.25) is 0 Å². The van der Waals surface area contributed by atoms with E-state index in [1.54, 1.807) is 0 Å². The van der Waals surface area contributed by atoms with Crippen LogP contribution in [0.3, 0.4) is 0 Å². The second-order valence-corrected chi connectivity index (χ2v) is 5.90. The van der Waals surface area contributed by atoms with Gasteiger partial charge in [0.15, 0.2) is 0 Å². The molecule has 0 spiro atoms. The van der Waals surface area contributed by atoms with E-state index in [1.807, 2.05) is 20.8 Å². The minimum Gasteiger partial charge on any atom is -0.379 e. The largest absolute Gasteiger partial charge is 0.379 e. The molecule has 0 aliphatic carbocycles. The Bertz CT molecular complexity index is 209. The molecule has 3 atom stereocenters. The molecule has 122 valence electrons. The molecule has 0 aliphatic heterocycles. The topological polar surface area (TPSA) is 36.9 Å². The fourth-order valence-corrected chi connectivity index (χ4v) is 1.53. The Hall–Kier alpha value is -0.160. The third-order valence-electron chi connectivity index (χ3n) is 2.64. The molecule has 3 unspecified atom stereocenters. The molecule has 4 heteroatoms. The monoisotopic (exact) mass is 290 g/mol. The van der Waals surface area contributed by atoms with Gasteiger partial charge in [0.1, 0.15) is 0 Å². The van der Waals surface area contributed by atoms with E-state index in [1.165, 1.54) is 0 Å². The molecule has 0 aromatic heterocycles. The lowest BCUT2D eigenvalue weighted by Crippen LogP contribution is -2.27. The van der Waals surface area contributed by atoms with E-state index in [0.29, 0.717) is 25.7 Å². The molecule has 4 nitrogen and oxygen atoms in total. The highest BCUT2D eigenvalue weighted by Gasteiger charge is 2.10. The van der Waals surface area contributed by atoms with Crippen molar-refractivity contribution in [3.63, 3.8) is 0 Å². The van der Waals surface area contributed by atoms with Gasteiger partial charge in [-0.2, -0.15) is 0 Å². The van der Waals surface area contributed by atoms with Gasteiger partial charge in [-0.25, -0.2) is 0 Å². The van der Waals surface area contributed by atoms with Gasteiger partial charge in [0.05, 0.1) is 38.1 Å². The summed E-state index contributed by atoms with van der Waals surface area (Å²) in [7, 11) is 0. The maximum Gasteiger partial charge on any atom is 0.0781 e.